The number of nitrogens with zero attached hydrogens (tertiary/aromatic N) is 1. The van der Waals surface area contributed by atoms with Crippen molar-refractivity contribution in [3.05, 3.63) is 29.3 Å². The molecular weight excluding hydrogens is 248 g/mol. The van der Waals surface area contributed by atoms with Gasteiger partial charge in [-0.2, -0.15) is 0 Å². The van der Waals surface area contributed by atoms with Gasteiger partial charge in [0.1, 0.15) is 0 Å². The molecule has 0 bridgehead atoms. The Labute approximate surface area is 122 Å². The Morgan fingerprint density at radius 1 is 1.30 bits per heavy atom. The summed E-state index contributed by atoms with van der Waals surface area (Å²) in [6.45, 7) is 10.2. The lowest BCUT2D eigenvalue weighted by atomic mass is 10.0. The molecule has 1 heterocycles. The first-order valence-corrected chi connectivity index (χ1v) is 7.60. The fourth-order valence-corrected chi connectivity index (χ4v) is 2.62. The fraction of sp³-hybridized carbons (Fsp3) is 0.588. The first-order valence-electron chi connectivity index (χ1n) is 7.60. The lowest BCUT2D eigenvalue weighted by molar-refractivity contribution is -0.124. The molecule has 1 unspecified atom stereocenters. The number of hydrogen-bond acceptors (Lipinski definition) is 2. The molecule has 3 heteroatoms. The highest BCUT2D eigenvalue weighted by Gasteiger charge is 2.22. The number of piperidine rings is 1. The van der Waals surface area contributed by atoms with Crippen LogP contribution in [0.25, 0.3) is 0 Å². The molecule has 0 radical (unpaired) electrons. The normalized spacial score (nSPS) is 19.2. The third-order valence-corrected chi connectivity index (χ3v) is 4.15. The van der Waals surface area contributed by atoms with E-state index in [0.717, 1.165) is 25.9 Å². The second-order valence-corrected chi connectivity index (χ2v) is 6.22. The van der Waals surface area contributed by atoms with Crippen LogP contribution in [-0.2, 0) is 4.79 Å². The van der Waals surface area contributed by atoms with Crippen LogP contribution in [0, 0.1) is 19.8 Å². The first-order chi connectivity index (χ1) is 9.47. The van der Waals surface area contributed by atoms with E-state index in [1.165, 1.54) is 16.8 Å². The molecule has 20 heavy (non-hydrogen) atoms. The smallest absolute Gasteiger partial charge is 0.222 e. The summed E-state index contributed by atoms with van der Waals surface area (Å²) in [7, 11) is 0. The standard InChI is InChI=1S/C17H26N2O/c1-12(2)17(20)18-15-6-5-9-19(11-15)16-8-7-13(3)14(4)10-16/h7-8,10,12,15H,5-6,9,11H2,1-4H3,(H,18,20). The number of aryl methyl sites for hydroxylation is 2. The molecule has 0 aromatic heterocycles. The molecule has 3 nitrogen and oxygen atoms in total. The quantitative estimate of drug-likeness (QED) is 0.919. The molecule has 1 aliphatic heterocycles. The molecule has 1 saturated heterocycles. The molecule has 110 valence electrons. The monoisotopic (exact) mass is 274 g/mol. The maximum absolute atomic E-state index is 11.8. The highest BCUT2D eigenvalue weighted by molar-refractivity contribution is 5.78. The van der Waals surface area contributed by atoms with E-state index in [1.807, 2.05) is 13.8 Å². The van der Waals surface area contributed by atoms with Gasteiger partial charge >= 0.3 is 0 Å². The van der Waals surface area contributed by atoms with E-state index in [-0.39, 0.29) is 17.9 Å². The Hall–Kier alpha value is -1.51. The number of hydrogen-bond donors (Lipinski definition) is 1. The fourth-order valence-electron chi connectivity index (χ4n) is 2.62. The van der Waals surface area contributed by atoms with Crippen molar-refractivity contribution in [3.63, 3.8) is 0 Å². The van der Waals surface area contributed by atoms with Crippen molar-refractivity contribution in [2.75, 3.05) is 18.0 Å². The van der Waals surface area contributed by atoms with E-state index in [4.69, 9.17) is 0 Å². The van der Waals surface area contributed by atoms with Gasteiger partial charge in [-0.05, 0) is 49.9 Å². The maximum Gasteiger partial charge on any atom is 0.222 e. The van der Waals surface area contributed by atoms with Gasteiger partial charge < -0.3 is 10.2 Å². The third-order valence-electron chi connectivity index (χ3n) is 4.15. The van der Waals surface area contributed by atoms with Crippen molar-refractivity contribution in [1.82, 2.24) is 5.32 Å². The molecule has 0 aliphatic carbocycles. The number of benzene rings is 1. The predicted molar refractivity (Wildman–Crippen MR) is 84.1 cm³/mol. The number of nitrogens with one attached hydrogen (secondary N) is 1. The van der Waals surface area contributed by atoms with Crippen molar-refractivity contribution in [1.29, 1.82) is 0 Å². The average molecular weight is 274 g/mol. The molecular formula is C17H26N2O. The van der Waals surface area contributed by atoms with E-state index < -0.39 is 0 Å². The number of amides is 1. The van der Waals surface area contributed by atoms with Gasteiger partial charge in [0.25, 0.3) is 0 Å². The Bertz CT molecular complexity index is 482. The second kappa shape index (κ2) is 6.29. The first kappa shape index (κ1) is 14.9. The summed E-state index contributed by atoms with van der Waals surface area (Å²) in [6, 6.07) is 6.90. The minimum absolute atomic E-state index is 0.0620. The van der Waals surface area contributed by atoms with E-state index >= 15 is 0 Å². The van der Waals surface area contributed by atoms with Crippen LogP contribution in [0.3, 0.4) is 0 Å². The molecule has 1 aliphatic rings. The average Bonchev–Trinajstić information content (AvgIpc) is 2.42. The third kappa shape index (κ3) is 3.53. The summed E-state index contributed by atoms with van der Waals surface area (Å²) in [5.74, 6) is 0.226. The highest BCUT2D eigenvalue weighted by atomic mass is 16.1. The van der Waals surface area contributed by atoms with Crippen LogP contribution in [0.5, 0.6) is 0 Å². The largest absolute Gasteiger partial charge is 0.369 e. The van der Waals surface area contributed by atoms with Crippen molar-refractivity contribution in [3.8, 4) is 0 Å². The minimum atomic E-state index is 0.0620. The van der Waals surface area contributed by atoms with Crippen molar-refractivity contribution in [2.24, 2.45) is 5.92 Å². The summed E-state index contributed by atoms with van der Waals surface area (Å²) >= 11 is 0. The topological polar surface area (TPSA) is 32.3 Å². The lowest BCUT2D eigenvalue weighted by Gasteiger charge is -2.35. The summed E-state index contributed by atoms with van der Waals surface area (Å²) in [6.07, 6.45) is 2.22. The number of anilines is 1. The van der Waals surface area contributed by atoms with Gasteiger partial charge in [-0.15, -0.1) is 0 Å². The second-order valence-electron chi connectivity index (χ2n) is 6.22. The lowest BCUT2D eigenvalue weighted by Crippen LogP contribution is -2.48. The zero-order valence-electron chi connectivity index (χ0n) is 13.1. The molecule has 1 amide bonds. The van der Waals surface area contributed by atoms with Crippen LogP contribution in [0.4, 0.5) is 5.69 Å². The van der Waals surface area contributed by atoms with Gasteiger partial charge in [0.05, 0.1) is 0 Å². The van der Waals surface area contributed by atoms with Gasteiger partial charge in [-0.3, -0.25) is 4.79 Å². The van der Waals surface area contributed by atoms with Crippen LogP contribution >= 0.6 is 0 Å². The maximum atomic E-state index is 11.8. The van der Waals surface area contributed by atoms with E-state index in [1.54, 1.807) is 0 Å². The number of carbonyl (C=O) groups excluding carboxylic acids is 1. The Kier molecular flexibility index (Phi) is 4.69. The zero-order valence-corrected chi connectivity index (χ0v) is 13.1. The molecule has 1 atom stereocenters. The number of rotatable bonds is 3. The highest BCUT2D eigenvalue weighted by Crippen LogP contribution is 2.22. The van der Waals surface area contributed by atoms with Gasteiger partial charge in [-0.1, -0.05) is 19.9 Å². The van der Waals surface area contributed by atoms with E-state index in [2.05, 4.69) is 42.3 Å². The van der Waals surface area contributed by atoms with Crippen LogP contribution < -0.4 is 10.2 Å². The molecule has 2 rings (SSSR count). The molecule has 1 aromatic carbocycles. The van der Waals surface area contributed by atoms with Crippen LogP contribution in [0.1, 0.15) is 37.8 Å². The van der Waals surface area contributed by atoms with Gasteiger partial charge in [-0.25, -0.2) is 0 Å². The minimum Gasteiger partial charge on any atom is -0.369 e. The Balaban J connectivity index is 2.02. The molecule has 0 spiro atoms. The Morgan fingerprint density at radius 2 is 2.05 bits per heavy atom. The van der Waals surface area contributed by atoms with Gasteiger partial charge in [0.15, 0.2) is 0 Å². The number of carbonyl (C=O) groups is 1. The molecule has 1 fully saturated rings. The summed E-state index contributed by atoms with van der Waals surface area (Å²) in [5.41, 5.74) is 3.93. The van der Waals surface area contributed by atoms with Gasteiger partial charge in [0.2, 0.25) is 5.91 Å². The van der Waals surface area contributed by atoms with Crippen molar-refractivity contribution < 1.29 is 4.79 Å². The zero-order chi connectivity index (χ0) is 14.7. The molecule has 1 N–H and O–H groups in total. The van der Waals surface area contributed by atoms with Crippen molar-refractivity contribution in [2.45, 2.75) is 46.6 Å². The van der Waals surface area contributed by atoms with E-state index in [0.29, 0.717) is 0 Å². The molecule has 0 saturated carbocycles. The van der Waals surface area contributed by atoms with Crippen LogP contribution in [0.15, 0.2) is 18.2 Å². The molecule has 1 aromatic rings. The van der Waals surface area contributed by atoms with Crippen LogP contribution in [0.2, 0.25) is 0 Å². The predicted octanol–water partition coefficient (Wildman–Crippen LogP) is 3.04. The summed E-state index contributed by atoms with van der Waals surface area (Å²) in [5, 5.41) is 3.16. The summed E-state index contributed by atoms with van der Waals surface area (Å²) in [4.78, 5) is 14.2. The summed E-state index contributed by atoms with van der Waals surface area (Å²) < 4.78 is 0. The van der Waals surface area contributed by atoms with E-state index in [9.17, 15) is 4.79 Å². The van der Waals surface area contributed by atoms with Crippen LogP contribution in [-0.4, -0.2) is 25.0 Å². The Morgan fingerprint density at radius 3 is 2.70 bits per heavy atom. The van der Waals surface area contributed by atoms with Gasteiger partial charge in [0, 0.05) is 30.7 Å². The van der Waals surface area contributed by atoms with Crippen molar-refractivity contribution >= 4 is 11.6 Å². The SMILES string of the molecule is Cc1ccc(N2CCCC(NC(=O)C(C)C)C2)cc1C.